The SMILES string of the molecule is O=C(C[C@@H]1C=CCC1)N[C@H]1CCCN(c2ncc[nH]c2=O)C1. The van der Waals surface area contributed by atoms with E-state index >= 15 is 0 Å². The lowest BCUT2D eigenvalue weighted by Crippen LogP contribution is -2.49. The summed E-state index contributed by atoms with van der Waals surface area (Å²) in [7, 11) is 0. The minimum Gasteiger partial charge on any atom is -0.352 e. The molecule has 0 spiro atoms. The van der Waals surface area contributed by atoms with Gasteiger partial charge in [0.1, 0.15) is 0 Å². The molecule has 1 aromatic rings. The van der Waals surface area contributed by atoms with Crippen LogP contribution in [-0.4, -0.2) is 35.0 Å². The first-order valence-corrected chi connectivity index (χ1v) is 7.97. The molecule has 0 unspecified atom stereocenters. The highest BCUT2D eigenvalue weighted by atomic mass is 16.1. The fourth-order valence-corrected chi connectivity index (χ4v) is 3.25. The molecule has 0 radical (unpaired) electrons. The number of carbonyl (C=O) groups is 1. The number of allylic oxidation sites excluding steroid dienone is 2. The Morgan fingerprint density at radius 2 is 2.36 bits per heavy atom. The van der Waals surface area contributed by atoms with Crippen LogP contribution in [0.3, 0.4) is 0 Å². The Balaban J connectivity index is 1.56. The van der Waals surface area contributed by atoms with Gasteiger partial charge < -0.3 is 15.2 Å². The Kier molecular flexibility index (Phi) is 4.56. The molecular formula is C16H22N4O2. The zero-order valence-corrected chi connectivity index (χ0v) is 12.6. The van der Waals surface area contributed by atoms with Gasteiger partial charge in [-0.3, -0.25) is 9.59 Å². The lowest BCUT2D eigenvalue weighted by molar-refractivity contribution is -0.122. The van der Waals surface area contributed by atoms with Crippen molar-refractivity contribution < 1.29 is 4.79 Å². The molecular weight excluding hydrogens is 280 g/mol. The zero-order valence-electron chi connectivity index (χ0n) is 12.6. The predicted octanol–water partition coefficient (Wildman–Crippen LogP) is 1.21. The molecule has 2 heterocycles. The van der Waals surface area contributed by atoms with Crippen molar-refractivity contribution in [2.75, 3.05) is 18.0 Å². The van der Waals surface area contributed by atoms with Gasteiger partial charge in [0, 0.05) is 37.9 Å². The Morgan fingerprint density at radius 1 is 1.45 bits per heavy atom. The van der Waals surface area contributed by atoms with Crippen molar-refractivity contribution in [2.45, 2.75) is 38.1 Å². The summed E-state index contributed by atoms with van der Waals surface area (Å²) in [5, 5.41) is 3.11. The van der Waals surface area contributed by atoms with E-state index in [9.17, 15) is 9.59 Å². The monoisotopic (exact) mass is 302 g/mol. The molecule has 0 saturated carbocycles. The summed E-state index contributed by atoms with van der Waals surface area (Å²) in [4.78, 5) is 32.7. The average molecular weight is 302 g/mol. The topological polar surface area (TPSA) is 78.1 Å². The third-order valence-corrected chi connectivity index (χ3v) is 4.33. The lowest BCUT2D eigenvalue weighted by Gasteiger charge is -2.33. The molecule has 118 valence electrons. The van der Waals surface area contributed by atoms with Crippen molar-refractivity contribution in [3.05, 3.63) is 34.9 Å². The Morgan fingerprint density at radius 3 is 3.14 bits per heavy atom. The van der Waals surface area contributed by atoms with Gasteiger partial charge in [-0.25, -0.2) is 4.98 Å². The van der Waals surface area contributed by atoms with E-state index in [0.717, 1.165) is 32.2 Å². The smallest absolute Gasteiger partial charge is 0.290 e. The maximum absolute atomic E-state index is 12.1. The highest BCUT2D eigenvalue weighted by Crippen LogP contribution is 2.20. The van der Waals surface area contributed by atoms with Gasteiger partial charge in [0.05, 0.1) is 0 Å². The van der Waals surface area contributed by atoms with E-state index in [0.29, 0.717) is 24.7 Å². The number of amides is 1. The number of carbonyl (C=O) groups excluding carboxylic acids is 1. The predicted molar refractivity (Wildman–Crippen MR) is 84.7 cm³/mol. The van der Waals surface area contributed by atoms with Crippen LogP contribution in [0.1, 0.15) is 32.1 Å². The number of piperidine rings is 1. The summed E-state index contributed by atoms with van der Waals surface area (Å²) >= 11 is 0. The molecule has 2 atom stereocenters. The summed E-state index contributed by atoms with van der Waals surface area (Å²) in [5.41, 5.74) is -0.175. The second-order valence-corrected chi connectivity index (χ2v) is 6.06. The Hall–Kier alpha value is -2.11. The van der Waals surface area contributed by atoms with E-state index in [2.05, 4.69) is 27.4 Å². The number of aromatic amines is 1. The fourth-order valence-electron chi connectivity index (χ4n) is 3.25. The van der Waals surface area contributed by atoms with Crippen LogP contribution >= 0.6 is 0 Å². The first kappa shape index (κ1) is 14.8. The normalized spacial score (nSPS) is 24.5. The Bertz CT molecular complexity index is 610. The Labute approximate surface area is 129 Å². The summed E-state index contributed by atoms with van der Waals surface area (Å²) in [6.45, 7) is 1.45. The number of aromatic nitrogens is 2. The van der Waals surface area contributed by atoms with Gasteiger partial charge in [-0.05, 0) is 31.6 Å². The van der Waals surface area contributed by atoms with E-state index < -0.39 is 0 Å². The summed E-state index contributed by atoms with van der Waals surface area (Å²) in [5.74, 6) is 0.942. The third kappa shape index (κ3) is 3.55. The standard InChI is InChI=1S/C16H22N4O2/c21-14(10-12-4-1-2-5-12)19-13-6-3-9-20(11-13)15-16(22)18-8-7-17-15/h1,4,7-8,12-13H,2-3,5-6,9-11H2,(H,18,22)(H,19,21)/t12-,13+/m1/s1. The molecule has 2 aliphatic rings. The number of H-pyrrole nitrogens is 1. The molecule has 2 N–H and O–H groups in total. The molecule has 1 aromatic heterocycles. The minimum absolute atomic E-state index is 0.0908. The van der Waals surface area contributed by atoms with Gasteiger partial charge in [0.15, 0.2) is 5.82 Å². The summed E-state index contributed by atoms with van der Waals surface area (Å²) in [6, 6.07) is 0.0908. The highest BCUT2D eigenvalue weighted by molar-refractivity contribution is 5.77. The van der Waals surface area contributed by atoms with Gasteiger partial charge >= 0.3 is 0 Å². The maximum atomic E-state index is 12.1. The molecule has 1 saturated heterocycles. The van der Waals surface area contributed by atoms with E-state index in [1.54, 1.807) is 6.20 Å². The summed E-state index contributed by atoms with van der Waals surface area (Å²) in [6.07, 6.45) is 12.0. The number of anilines is 1. The number of nitrogens with zero attached hydrogens (tertiary/aromatic N) is 2. The van der Waals surface area contributed by atoms with Crippen molar-refractivity contribution in [1.29, 1.82) is 0 Å². The molecule has 1 fully saturated rings. The second kappa shape index (κ2) is 6.77. The second-order valence-electron chi connectivity index (χ2n) is 6.06. The molecule has 6 heteroatoms. The largest absolute Gasteiger partial charge is 0.352 e. The van der Waals surface area contributed by atoms with Crippen molar-refractivity contribution >= 4 is 11.7 Å². The molecule has 22 heavy (non-hydrogen) atoms. The third-order valence-electron chi connectivity index (χ3n) is 4.33. The van der Waals surface area contributed by atoms with Crippen molar-refractivity contribution in [2.24, 2.45) is 5.92 Å². The van der Waals surface area contributed by atoms with E-state index in [1.165, 1.54) is 6.20 Å². The van der Waals surface area contributed by atoms with Crippen molar-refractivity contribution in [3.8, 4) is 0 Å². The van der Waals surface area contributed by atoms with E-state index in [-0.39, 0.29) is 17.5 Å². The van der Waals surface area contributed by atoms with Gasteiger partial charge in [-0.2, -0.15) is 0 Å². The van der Waals surface area contributed by atoms with Crippen molar-refractivity contribution in [1.82, 2.24) is 15.3 Å². The summed E-state index contributed by atoms with van der Waals surface area (Å²) < 4.78 is 0. The number of rotatable bonds is 4. The number of hydrogen-bond donors (Lipinski definition) is 2. The van der Waals surface area contributed by atoms with Gasteiger partial charge in [0.2, 0.25) is 5.91 Å². The van der Waals surface area contributed by atoms with Crippen LogP contribution in [0.25, 0.3) is 0 Å². The van der Waals surface area contributed by atoms with Crippen LogP contribution in [0.5, 0.6) is 0 Å². The number of nitrogens with one attached hydrogen (secondary N) is 2. The van der Waals surface area contributed by atoms with Gasteiger partial charge in [-0.15, -0.1) is 0 Å². The molecule has 3 rings (SSSR count). The molecule has 0 bridgehead atoms. The highest BCUT2D eigenvalue weighted by Gasteiger charge is 2.24. The first-order chi connectivity index (χ1) is 10.7. The first-order valence-electron chi connectivity index (χ1n) is 7.97. The molecule has 1 amide bonds. The van der Waals surface area contributed by atoms with Gasteiger partial charge in [-0.1, -0.05) is 12.2 Å². The van der Waals surface area contributed by atoms with Crippen LogP contribution in [0.15, 0.2) is 29.3 Å². The number of hydrogen-bond acceptors (Lipinski definition) is 4. The van der Waals surface area contributed by atoms with Crippen molar-refractivity contribution in [3.63, 3.8) is 0 Å². The quantitative estimate of drug-likeness (QED) is 0.820. The van der Waals surface area contributed by atoms with Crippen LogP contribution in [-0.2, 0) is 4.79 Å². The van der Waals surface area contributed by atoms with E-state index in [1.807, 2.05) is 4.90 Å². The van der Waals surface area contributed by atoms with Crippen LogP contribution in [0, 0.1) is 5.92 Å². The van der Waals surface area contributed by atoms with Crippen LogP contribution in [0.2, 0.25) is 0 Å². The average Bonchev–Trinajstić information content (AvgIpc) is 3.00. The lowest BCUT2D eigenvalue weighted by atomic mass is 10.0. The van der Waals surface area contributed by atoms with Crippen LogP contribution < -0.4 is 15.8 Å². The van der Waals surface area contributed by atoms with E-state index in [4.69, 9.17) is 0 Å². The molecule has 1 aliphatic heterocycles. The zero-order chi connectivity index (χ0) is 15.4. The van der Waals surface area contributed by atoms with Gasteiger partial charge in [0.25, 0.3) is 5.56 Å². The molecule has 6 nitrogen and oxygen atoms in total. The maximum Gasteiger partial charge on any atom is 0.290 e. The molecule has 0 aromatic carbocycles. The fraction of sp³-hybridized carbons (Fsp3) is 0.562. The molecule has 1 aliphatic carbocycles. The van der Waals surface area contributed by atoms with Crippen LogP contribution in [0.4, 0.5) is 5.82 Å². The minimum atomic E-state index is -0.175.